The van der Waals surface area contributed by atoms with Crippen LogP contribution in [0.3, 0.4) is 0 Å². The lowest BCUT2D eigenvalue weighted by Gasteiger charge is -2.07. The predicted molar refractivity (Wildman–Crippen MR) is 92.5 cm³/mol. The van der Waals surface area contributed by atoms with E-state index >= 15 is 0 Å². The number of ketones is 1. The minimum absolute atomic E-state index is 0.250. The van der Waals surface area contributed by atoms with Crippen LogP contribution in [0.1, 0.15) is 27.2 Å². The maximum absolute atomic E-state index is 12.3. The van der Waals surface area contributed by atoms with Crippen molar-refractivity contribution in [3.8, 4) is 11.8 Å². The number of carbonyl (C=O) groups excluding carboxylic acids is 1. The fourth-order valence-electron chi connectivity index (χ4n) is 2.19. The molecule has 0 saturated heterocycles. The van der Waals surface area contributed by atoms with E-state index in [-0.39, 0.29) is 11.3 Å². The molecule has 0 atom stereocenters. The summed E-state index contributed by atoms with van der Waals surface area (Å²) >= 11 is 0. The Balaban J connectivity index is 2.33. The van der Waals surface area contributed by atoms with E-state index in [0.29, 0.717) is 5.69 Å². The fraction of sp³-hybridized carbons (Fsp3) is 0.105. The van der Waals surface area contributed by atoms with Gasteiger partial charge in [-0.2, -0.15) is 5.26 Å². The van der Waals surface area contributed by atoms with Gasteiger partial charge in [0.1, 0.15) is 11.3 Å². The van der Waals surface area contributed by atoms with Crippen molar-refractivity contribution in [2.45, 2.75) is 6.92 Å². The summed E-state index contributed by atoms with van der Waals surface area (Å²) < 4.78 is 1.31. The van der Waals surface area contributed by atoms with Crippen LogP contribution in [0.4, 0.5) is 0 Å². The molecule has 1 aromatic heterocycles. The zero-order valence-corrected chi connectivity index (χ0v) is 13.4. The molecule has 0 spiro atoms. The molecule has 0 amide bonds. The number of aromatic hydroxyl groups is 1. The lowest BCUT2D eigenvalue weighted by molar-refractivity contribution is 0.104. The quantitative estimate of drug-likeness (QED) is 0.533. The molecule has 0 fully saturated rings. The summed E-state index contributed by atoms with van der Waals surface area (Å²) in [5.74, 6) is -0.887. The first-order chi connectivity index (χ1) is 11.4. The number of aryl methyl sites for hydroxylation is 1. The molecule has 24 heavy (non-hydrogen) atoms. The summed E-state index contributed by atoms with van der Waals surface area (Å²) in [6.07, 6.45) is 5.83. The summed E-state index contributed by atoms with van der Waals surface area (Å²) in [5, 5.41) is 18.4. The minimum Gasteiger partial charge on any atom is -0.507 e. The molecule has 0 aliphatic heterocycles. The summed E-state index contributed by atoms with van der Waals surface area (Å²) in [6.45, 7) is 1.67. The van der Waals surface area contributed by atoms with Crippen LogP contribution in [-0.2, 0) is 7.05 Å². The Kier molecular flexibility index (Phi) is 5.13. The normalized spacial score (nSPS) is 11.0. The summed E-state index contributed by atoms with van der Waals surface area (Å²) in [4.78, 5) is 24.4. The third-order valence-corrected chi connectivity index (χ3v) is 3.58. The van der Waals surface area contributed by atoms with Crippen molar-refractivity contribution in [3.63, 3.8) is 0 Å². The van der Waals surface area contributed by atoms with E-state index in [1.54, 1.807) is 44.3 Å². The second-order valence-corrected chi connectivity index (χ2v) is 5.24. The van der Waals surface area contributed by atoms with Gasteiger partial charge in [0.15, 0.2) is 5.78 Å². The van der Waals surface area contributed by atoms with Gasteiger partial charge in [-0.05, 0) is 36.3 Å². The van der Waals surface area contributed by atoms with E-state index in [1.165, 1.54) is 22.8 Å². The molecule has 0 unspecified atom stereocenters. The van der Waals surface area contributed by atoms with E-state index in [0.717, 1.165) is 11.1 Å². The van der Waals surface area contributed by atoms with Gasteiger partial charge in [-0.25, -0.2) is 0 Å². The standard InChI is InChI=1S/C19H16N2O3/c1-13-11-17(23)18(19(24)21(13)2)16(22)9-8-15-6-3-5-14(12-15)7-4-10-20/h3-9,11-12,23H,1-2H3. The molecule has 0 bridgehead atoms. The topological polar surface area (TPSA) is 83.1 Å². The molecule has 2 rings (SSSR count). The number of benzene rings is 1. The average Bonchev–Trinajstić information content (AvgIpc) is 2.56. The number of allylic oxidation sites excluding steroid dienone is 2. The number of nitrogens with zero attached hydrogens (tertiary/aromatic N) is 2. The molecular formula is C19H16N2O3. The van der Waals surface area contributed by atoms with Gasteiger partial charge in [-0.3, -0.25) is 9.59 Å². The Morgan fingerprint density at radius 2 is 1.92 bits per heavy atom. The summed E-state index contributed by atoms with van der Waals surface area (Å²) in [5.41, 5.74) is 1.34. The highest BCUT2D eigenvalue weighted by Crippen LogP contribution is 2.16. The van der Waals surface area contributed by atoms with Gasteiger partial charge in [0.2, 0.25) is 0 Å². The second kappa shape index (κ2) is 7.25. The molecule has 1 heterocycles. The van der Waals surface area contributed by atoms with E-state index < -0.39 is 11.3 Å². The SMILES string of the molecule is Cc1cc(O)c(C(=O)C=Cc2cccc(C=CC#N)c2)c(=O)n1C. The molecule has 2 aromatic rings. The Morgan fingerprint density at radius 1 is 1.25 bits per heavy atom. The van der Waals surface area contributed by atoms with Crippen LogP contribution >= 0.6 is 0 Å². The highest BCUT2D eigenvalue weighted by molar-refractivity contribution is 6.08. The van der Waals surface area contributed by atoms with Crippen molar-refractivity contribution >= 4 is 17.9 Å². The number of rotatable bonds is 4. The van der Waals surface area contributed by atoms with Gasteiger partial charge in [0, 0.05) is 24.9 Å². The van der Waals surface area contributed by atoms with Crippen LogP contribution in [0.5, 0.6) is 5.75 Å². The highest BCUT2D eigenvalue weighted by atomic mass is 16.3. The van der Waals surface area contributed by atoms with Crippen LogP contribution in [0.25, 0.3) is 12.2 Å². The first-order valence-corrected chi connectivity index (χ1v) is 7.22. The summed E-state index contributed by atoms with van der Waals surface area (Å²) in [6, 6.07) is 10.5. The van der Waals surface area contributed by atoms with E-state index in [9.17, 15) is 14.7 Å². The van der Waals surface area contributed by atoms with Crippen LogP contribution < -0.4 is 5.56 Å². The molecular weight excluding hydrogens is 304 g/mol. The molecule has 5 heteroatoms. The van der Waals surface area contributed by atoms with E-state index in [2.05, 4.69) is 0 Å². The first kappa shape index (κ1) is 17.0. The predicted octanol–water partition coefficient (Wildman–Crippen LogP) is 2.83. The van der Waals surface area contributed by atoms with Crippen molar-refractivity contribution in [1.82, 2.24) is 4.57 Å². The van der Waals surface area contributed by atoms with E-state index in [1.807, 2.05) is 12.1 Å². The smallest absolute Gasteiger partial charge is 0.265 e. The molecule has 120 valence electrons. The first-order valence-electron chi connectivity index (χ1n) is 7.22. The molecule has 1 aromatic carbocycles. The lowest BCUT2D eigenvalue weighted by atomic mass is 10.1. The maximum atomic E-state index is 12.3. The van der Waals surface area contributed by atoms with Crippen LogP contribution in [-0.4, -0.2) is 15.5 Å². The molecule has 0 aliphatic carbocycles. The number of aromatic nitrogens is 1. The van der Waals surface area contributed by atoms with Crippen LogP contribution in [0.15, 0.2) is 47.3 Å². The van der Waals surface area contributed by atoms with Crippen molar-refractivity contribution < 1.29 is 9.90 Å². The van der Waals surface area contributed by atoms with Crippen molar-refractivity contribution in [1.29, 1.82) is 5.26 Å². The third-order valence-electron chi connectivity index (χ3n) is 3.58. The largest absolute Gasteiger partial charge is 0.507 e. The number of hydrogen-bond donors (Lipinski definition) is 1. The van der Waals surface area contributed by atoms with Gasteiger partial charge in [-0.15, -0.1) is 0 Å². The number of hydrogen-bond acceptors (Lipinski definition) is 4. The maximum Gasteiger partial charge on any atom is 0.265 e. The Morgan fingerprint density at radius 3 is 2.58 bits per heavy atom. The number of pyridine rings is 1. The van der Waals surface area contributed by atoms with Gasteiger partial charge in [0.25, 0.3) is 5.56 Å². The molecule has 1 N–H and O–H groups in total. The third kappa shape index (κ3) is 3.68. The molecule has 0 aliphatic rings. The fourth-order valence-corrected chi connectivity index (χ4v) is 2.19. The Bertz CT molecular complexity index is 944. The van der Waals surface area contributed by atoms with Gasteiger partial charge in [0.05, 0.1) is 6.07 Å². The van der Waals surface area contributed by atoms with Gasteiger partial charge < -0.3 is 9.67 Å². The monoisotopic (exact) mass is 320 g/mol. The average molecular weight is 320 g/mol. The van der Waals surface area contributed by atoms with Crippen molar-refractivity contribution in [2.75, 3.05) is 0 Å². The summed E-state index contributed by atoms with van der Waals surface area (Å²) in [7, 11) is 1.54. The number of nitriles is 1. The van der Waals surface area contributed by atoms with Gasteiger partial charge in [-0.1, -0.05) is 24.3 Å². The highest BCUT2D eigenvalue weighted by Gasteiger charge is 2.16. The van der Waals surface area contributed by atoms with E-state index in [4.69, 9.17) is 5.26 Å². The Labute approximate surface area is 139 Å². The molecule has 5 nitrogen and oxygen atoms in total. The lowest BCUT2D eigenvalue weighted by Crippen LogP contribution is -2.25. The van der Waals surface area contributed by atoms with Gasteiger partial charge >= 0.3 is 0 Å². The second-order valence-electron chi connectivity index (χ2n) is 5.24. The zero-order chi connectivity index (χ0) is 17.7. The van der Waals surface area contributed by atoms with Crippen molar-refractivity contribution in [3.05, 3.63) is 75.2 Å². The van der Waals surface area contributed by atoms with Crippen LogP contribution in [0.2, 0.25) is 0 Å². The minimum atomic E-state index is -0.564. The zero-order valence-electron chi connectivity index (χ0n) is 13.4. The van der Waals surface area contributed by atoms with Crippen LogP contribution in [0, 0.1) is 18.3 Å². The molecule has 0 radical (unpaired) electrons. The molecule has 0 saturated carbocycles. The van der Waals surface area contributed by atoms with Crippen molar-refractivity contribution in [2.24, 2.45) is 7.05 Å². The Hall–Kier alpha value is -3.39. The number of carbonyl (C=O) groups is 1.